The summed E-state index contributed by atoms with van der Waals surface area (Å²) in [6, 6.07) is 1.75. The first-order chi connectivity index (χ1) is 8.66. The molecule has 0 aliphatic carbocycles. The molecule has 0 radical (unpaired) electrons. The number of carboxylic acid groups (broad SMARTS) is 1. The highest BCUT2D eigenvalue weighted by Gasteiger charge is 2.38. The third-order valence-corrected chi connectivity index (χ3v) is 4.15. The van der Waals surface area contributed by atoms with Crippen molar-refractivity contribution in [1.29, 1.82) is 0 Å². The van der Waals surface area contributed by atoms with E-state index in [-0.39, 0.29) is 11.7 Å². The van der Waals surface area contributed by atoms with Gasteiger partial charge in [-0.1, -0.05) is 0 Å². The predicted molar refractivity (Wildman–Crippen MR) is 62.6 cm³/mol. The molecule has 1 aromatic rings. The Labute approximate surface area is 104 Å². The van der Waals surface area contributed by atoms with Crippen molar-refractivity contribution >= 4 is 11.8 Å². The van der Waals surface area contributed by atoms with Crippen LogP contribution in [0.25, 0.3) is 0 Å². The molecule has 0 amide bonds. The van der Waals surface area contributed by atoms with Gasteiger partial charge < -0.3 is 14.4 Å². The van der Waals surface area contributed by atoms with Crippen LogP contribution in [0, 0.1) is 5.92 Å². The zero-order chi connectivity index (χ0) is 12.7. The minimum Gasteiger partial charge on any atom is -0.475 e. The van der Waals surface area contributed by atoms with E-state index in [1.165, 1.54) is 6.26 Å². The maximum absolute atomic E-state index is 11.6. The number of furan rings is 1. The first kappa shape index (κ1) is 11.5. The van der Waals surface area contributed by atoms with Crippen molar-refractivity contribution in [2.24, 2.45) is 5.92 Å². The van der Waals surface area contributed by atoms with Gasteiger partial charge in [-0.05, 0) is 37.9 Å². The Kier molecular flexibility index (Phi) is 2.70. The van der Waals surface area contributed by atoms with Crippen LogP contribution in [0.2, 0.25) is 0 Å². The minimum atomic E-state index is -1.45. The van der Waals surface area contributed by atoms with Crippen LogP contribution in [0.1, 0.15) is 34.9 Å². The average molecular weight is 249 g/mol. The van der Waals surface area contributed by atoms with Crippen LogP contribution in [0.4, 0.5) is 0 Å². The Morgan fingerprint density at radius 1 is 1.33 bits per heavy atom. The van der Waals surface area contributed by atoms with Gasteiger partial charge in [0.1, 0.15) is 0 Å². The molecular weight excluding hydrogens is 234 g/mol. The van der Waals surface area contributed by atoms with Gasteiger partial charge in [-0.25, -0.2) is 4.79 Å². The van der Waals surface area contributed by atoms with Crippen LogP contribution < -0.4 is 0 Å². The molecule has 3 aliphatic rings. The summed E-state index contributed by atoms with van der Waals surface area (Å²) in [7, 11) is 0. The topological polar surface area (TPSA) is 70.7 Å². The molecular formula is C13H15NO4. The fourth-order valence-electron chi connectivity index (χ4n) is 3.21. The van der Waals surface area contributed by atoms with Crippen molar-refractivity contribution < 1.29 is 19.1 Å². The maximum Gasteiger partial charge on any atom is 0.380 e. The highest BCUT2D eigenvalue weighted by molar-refractivity contribution is 6.39. The fourth-order valence-corrected chi connectivity index (χ4v) is 3.21. The highest BCUT2D eigenvalue weighted by atomic mass is 16.4. The molecule has 4 rings (SSSR count). The Hall–Kier alpha value is -1.62. The largest absolute Gasteiger partial charge is 0.475 e. The van der Waals surface area contributed by atoms with Crippen molar-refractivity contribution in [3.05, 3.63) is 23.7 Å². The number of rotatable bonds is 3. The number of hydrogen-bond donors (Lipinski definition) is 1. The van der Waals surface area contributed by atoms with E-state index < -0.39 is 11.8 Å². The van der Waals surface area contributed by atoms with E-state index in [0.29, 0.717) is 5.92 Å². The summed E-state index contributed by atoms with van der Waals surface area (Å²) in [5, 5.41) is 8.79. The molecule has 5 nitrogen and oxygen atoms in total. The Bertz CT molecular complexity index is 485. The predicted octanol–water partition coefficient (Wildman–Crippen LogP) is 1.36. The van der Waals surface area contributed by atoms with Crippen LogP contribution >= 0.6 is 0 Å². The molecule has 18 heavy (non-hydrogen) atoms. The molecule has 4 heterocycles. The molecule has 0 aromatic carbocycles. The monoisotopic (exact) mass is 249 g/mol. The third-order valence-electron chi connectivity index (χ3n) is 4.15. The number of carboxylic acids is 1. The number of aliphatic carboxylic acids is 1. The number of nitrogens with zero attached hydrogens (tertiary/aromatic N) is 1. The number of carbonyl (C=O) groups excluding carboxylic acids is 1. The van der Waals surface area contributed by atoms with Gasteiger partial charge in [0.15, 0.2) is 5.76 Å². The zero-order valence-electron chi connectivity index (χ0n) is 9.96. The van der Waals surface area contributed by atoms with Gasteiger partial charge in [0, 0.05) is 18.0 Å². The van der Waals surface area contributed by atoms with Gasteiger partial charge in [0.05, 0.1) is 6.26 Å². The van der Waals surface area contributed by atoms with Crippen LogP contribution in [0.3, 0.4) is 0 Å². The maximum atomic E-state index is 11.6. The lowest BCUT2D eigenvalue weighted by Gasteiger charge is -2.44. The van der Waals surface area contributed by atoms with Gasteiger partial charge in [-0.3, -0.25) is 4.79 Å². The van der Waals surface area contributed by atoms with Gasteiger partial charge in [0.25, 0.3) is 0 Å². The molecule has 96 valence electrons. The summed E-state index contributed by atoms with van der Waals surface area (Å²) in [5.74, 6) is -1.59. The number of fused-ring (bicyclic) bond motifs is 3. The molecule has 3 fully saturated rings. The highest BCUT2D eigenvalue weighted by Crippen LogP contribution is 2.40. The Morgan fingerprint density at radius 3 is 2.61 bits per heavy atom. The number of carbonyl (C=O) groups is 2. The minimum absolute atomic E-state index is 0.0150. The van der Waals surface area contributed by atoms with Gasteiger partial charge in [-0.2, -0.15) is 0 Å². The van der Waals surface area contributed by atoms with Crippen molar-refractivity contribution in [1.82, 2.24) is 4.90 Å². The second kappa shape index (κ2) is 4.24. The molecule has 1 aromatic heterocycles. The lowest BCUT2D eigenvalue weighted by molar-refractivity contribution is -0.131. The Balaban J connectivity index is 1.91. The van der Waals surface area contributed by atoms with Crippen molar-refractivity contribution in [3.8, 4) is 0 Å². The summed E-state index contributed by atoms with van der Waals surface area (Å²) >= 11 is 0. The summed E-state index contributed by atoms with van der Waals surface area (Å²) in [5.41, 5.74) is 0.775. The van der Waals surface area contributed by atoms with E-state index in [0.717, 1.165) is 38.0 Å². The van der Waals surface area contributed by atoms with Crippen LogP contribution in [0.15, 0.2) is 16.7 Å². The number of piperidine rings is 3. The first-order valence-corrected chi connectivity index (χ1v) is 6.24. The van der Waals surface area contributed by atoms with Crippen molar-refractivity contribution in [2.45, 2.75) is 18.8 Å². The number of ketones is 1. The van der Waals surface area contributed by atoms with Gasteiger partial charge in [0.2, 0.25) is 0 Å². The molecule has 0 spiro atoms. The van der Waals surface area contributed by atoms with E-state index >= 15 is 0 Å². The van der Waals surface area contributed by atoms with Crippen molar-refractivity contribution in [3.63, 3.8) is 0 Å². The molecule has 3 saturated heterocycles. The van der Waals surface area contributed by atoms with E-state index in [2.05, 4.69) is 4.90 Å². The molecule has 1 N–H and O–H groups in total. The SMILES string of the molecule is O=C(O)C(=O)c1occc1[C@@H]1CN2CCC1CC2. The number of Topliss-reactive ketones (excluding diaryl/α,β-unsaturated/α-hetero) is 1. The first-order valence-electron chi connectivity index (χ1n) is 6.24. The zero-order valence-corrected chi connectivity index (χ0v) is 9.96. The van der Waals surface area contributed by atoms with E-state index in [4.69, 9.17) is 9.52 Å². The second-order valence-electron chi connectivity index (χ2n) is 5.08. The van der Waals surface area contributed by atoms with Crippen LogP contribution in [-0.2, 0) is 4.79 Å². The molecule has 5 heteroatoms. The van der Waals surface area contributed by atoms with Gasteiger partial charge >= 0.3 is 11.8 Å². The second-order valence-corrected chi connectivity index (χ2v) is 5.08. The number of hydrogen-bond acceptors (Lipinski definition) is 4. The molecule has 2 bridgehead atoms. The fraction of sp³-hybridized carbons (Fsp3) is 0.538. The molecule has 0 saturated carbocycles. The summed E-state index contributed by atoms with van der Waals surface area (Å²) in [6.45, 7) is 3.13. The molecule has 0 unspecified atom stereocenters. The third kappa shape index (κ3) is 1.75. The van der Waals surface area contributed by atoms with E-state index in [1.807, 2.05) is 0 Å². The van der Waals surface area contributed by atoms with E-state index in [9.17, 15) is 9.59 Å². The van der Waals surface area contributed by atoms with Crippen molar-refractivity contribution in [2.75, 3.05) is 19.6 Å². The molecule has 3 aliphatic heterocycles. The normalized spacial score (nSPS) is 30.3. The summed E-state index contributed by atoms with van der Waals surface area (Å²) in [6.07, 6.45) is 3.66. The van der Waals surface area contributed by atoms with E-state index in [1.54, 1.807) is 6.07 Å². The van der Waals surface area contributed by atoms with Gasteiger partial charge in [-0.15, -0.1) is 0 Å². The standard InChI is InChI=1S/C13H15NO4/c15-11(13(16)17)12-9(3-6-18-12)10-7-14-4-1-8(10)2-5-14/h3,6,8,10H,1-2,4-5,7H2,(H,16,17)/t10-/m1/s1. The quantitative estimate of drug-likeness (QED) is 0.647. The Morgan fingerprint density at radius 2 is 2.06 bits per heavy atom. The van der Waals surface area contributed by atoms with Crippen LogP contribution in [0.5, 0.6) is 0 Å². The summed E-state index contributed by atoms with van der Waals surface area (Å²) in [4.78, 5) is 24.7. The lowest BCUT2D eigenvalue weighted by Crippen LogP contribution is -2.46. The average Bonchev–Trinajstić information content (AvgIpc) is 2.88. The lowest BCUT2D eigenvalue weighted by atomic mass is 9.75. The summed E-state index contributed by atoms with van der Waals surface area (Å²) < 4.78 is 5.10. The molecule has 1 atom stereocenters. The van der Waals surface area contributed by atoms with Crippen LogP contribution in [-0.4, -0.2) is 41.4 Å². The smallest absolute Gasteiger partial charge is 0.380 e.